The molecule has 0 radical (unpaired) electrons. The summed E-state index contributed by atoms with van der Waals surface area (Å²) in [5.41, 5.74) is -0.467. The summed E-state index contributed by atoms with van der Waals surface area (Å²) in [5.74, 6) is 0.208. The van der Waals surface area contributed by atoms with E-state index >= 15 is 0 Å². The molecule has 15 heavy (non-hydrogen) atoms. The Morgan fingerprint density at radius 2 is 1.67 bits per heavy atom. The first kappa shape index (κ1) is 14.6. The first-order valence-corrected chi connectivity index (χ1v) is 5.46. The summed E-state index contributed by atoms with van der Waals surface area (Å²) < 4.78 is 5.50. The van der Waals surface area contributed by atoms with Gasteiger partial charge in [-0.05, 0) is 27.7 Å². The van der Waals surface area contributed by atoms with Gasteiger partial charge in [0.05, 0.1) is 18.4 Å². The van der Waals surface area contributed by atoms with Gasteiger partial charge in [-0.1, -0.05) is 20.8 Å². The highest BCUT2D eigenvalue weighted by Crippen LogP contribution is 2.16. The molecule has 0 saturated carbocycles. The fourth-order valence-electron chi connectivity index (χ4n) is 1.13. The Labute approximate surface area is 93.6 Å². The molecule has 0 aromatic heterocycles. The minimum absolute atomic E-state index is 0.160. The predicted octanol–water partition coefficient (Wildman–Crippen LogP) is 2.35. The molecule has 0 rings (SSSR count). The number of ether oxygens (including phenoxy) is 1. The van der Waals surface area contributed by atoms with E-state index in [0.717, 1.165) is 0 Å². The van der Waals surface area contributed by atoms with E-state index in [2.05, 4.69) is 5.32 Å². The van der Waals surface area contributed by atoms with Crippen molar-refractivity contribution in [3.63, 3.8) is 0 Å². The van der Waals surface area contributed by atoms with Crippen molar-refractivity contribution in [2.45, 2.75) is 60.1 Å². The van der Waals surface area contributed by atoms with E-state index in [1.165, 1.54) is 0 Å². The third-order valence-corrected chi connectivity index (χ3v) is 2.03. The van der Waals surface area contributed by atoms with E-state index in [9.17, 15) is 4.79 Å². The lowest BCUT2D eigenvalue weighted by molar-refractivity contribution is -0.129. The minimum Gasteiger partial charge on any atom is -0.361 e. The highest BCUT2D eigenvalue weighted by molar-refractivity contribution is 5.88. The standard InChI is InChI=1S/C12H25NO2/c1-9(10(14)11(2,3)4)13-8-15-12(5,6)7/h9,13H,8H2,1-7H3. The molecule has 3 nitrogen and oxygen atoms in total. The van der Waals surface area contributed by atoms with Crippen molar-refractivity contribution in [2.24, 2.45) is 5.41 Å². The molecule has 0 heterocycles. The molecule has 0 amide bonds. The monoisotopic (exact) mass is 215 g/mol. The maximum Gasteiger partial charge on any atom is 0.154 e. The van der Waals surface area contributed by atoms with Gasteiger partial charge in [0.15, 0.2) is 5.78 Å². The average molecular weight is 215 g/mol. The van der Waals surface area contributed by atoms with Gasteiger partial charge in [-0.3, -0.25) is 10.1 Å². The first-order valence-electron chi connectivity index (χ1n) is 5.46. The quantitative estimate of drug-likeness (QED) is 0.732. The van der Waals surface area contributed by atoms with Crippen LogP contribution in [0.5, 0.6) is 0 Å². The van der Waals surface area contributed by atoms with E-state index in [4.69, 9.17) is 4.74 Å². The van der Waals surface area contributed by atoms with Gasteiger partial charge in [0.1, 0.15) is 0 Å². The molecule has 0 spiro atoms. The summed E-state index contributed by atoms with van der Waals surface area (Å²) in [6, 6.07) is -0.160. The van der Waals surface area contributed by atoms with E-state index in [0.29, 0.717) is 6.73 Å². The number of nitrogens with one attached hydrogen (secondary N) is 1. The number of carbonyl (C=O) groups is 1. The molecule has 0 aromatic rings. The van der Waals surface area contributed by atoms with Gasteiger partial charge >= 0.3 is 0 Å². The number of ketones is 1. The lowest BCUT2D eigenvalue weighted by atomic mass is 9.87. The molecule has 0 aliphatic rings. The van der Waals surface area contributed by atoms with Crippen LogP contribution in [0.3, 0.4) is 0 Å². The second-order valence-corrected chi connectivity index (χ2v) is 5.94. The molecule has 1 unspecified atom stereocenters. The second-order valence-electron chi connectivity index (χ2n) is 5.94. The van der Waals surface area contributed by atoms with Gasteiger partial charge in [0.2, 0.25) is 0 Å². The van der Waals surface area contributed by atoms with E-state index in [1.807, 2.05) is 48.5 Å². The summed E-state index contributed by atoms with van der Waals surface area (Å²) in [5, 5.41) is 3.07. The molecular formula is C12H25NO2. The Morgan fingerprint density at radius 1 is 1.20 bits per heavy atom. The highest BCUT2D eigenvalue weighted by Gasteiger charge is 2.26. The molecule has 1 N–H and O–H groups in total. The van der Waals surface area contributed by atoms with Crippen molar-refractivity contribution in [2.75, 3.05) is 6.73 Å². The Kier molecular flexibility index (Phi) is 4.94. The first-order chi connectivity index (χ1) is 6.54. The van der Waals surface area contributed by atoms with Gasteiger partial charge < -0.3 is 4.74 Å². The Morgan fingerprint density at radius 3 is 2.00 bits per heavy atom. The van der Waals surface area contributed by atoms with E-state index < -0.39 is 0 Å². The van der Waals surface area contributed by atoms with Crippen LogP contribution in [-0.2, 0) is 9.53 Å². The molecule has 0 aromatic carbocycles. The molecule has 0 bridgehead atoms. The summed E-state index contributed by atoms with van der Waals surface area (Å²) in [4.78, 5) is 11.8. The van der Waals surface area contributed by atoms with Crippen molar-refractivity contribution < 1.29 is 9.53 Å². The zero-order valence-electron chi connectivity index (χ0n) is 11.1. The van der Waals surface area contributed by atoms with Crippen molar-refractivity contribution >= 4 is 5.78 Å². The highest BCUT2D eigenvalue weighted by atomic mass is 16.5. The molecule has 90 valence electrons. The van der Waals surface area contributed by atoms with E-state index in [1.54, 1.807) is 0 Å². The molecule has 0 fully saturated rings. The van der Waals surface area contributed by atoms with Gasteiger partial charge in [0.25, 0.3) is 0 Å². The largest absolute Gasteiger partial charge is 0.361 e. The second kappa shape index (κ2) is 5.08. The fraction of sp³-hybridized carbons (Fsp3) is 0.917. The smallest absolute Gasteiger partial charge is 0.154 e. The summed E-state index contributed by atoms with van der Waals surface area (Å²) in [6.45, 7) is 14.0. The molecular weight excluding hydrogens is 190 g/mol. The third kappa shape index (κ3) is 6.63. The van der Waals surface area contributed by atoms with Crippen molar-refractivity contribution in [1.82, 2.24) is 5.32 Å². The van der Waals surface area contributed by atoms with Crippen LogP contribution >= 0.6 is 0 Å². The SMILES string of the molecule is CC(NCOC(C)(C)C)C(=O)C(C)(C)C. The predicted molar refractivity (Wildman–Crippen MR) is 62.8 cm³/mol. The number of rotatable bonds is 4. The lowest BCUT2D eigenvalue weighted by Crippen LogP contribution is -2.42. The van der Waals surface area contributed by atoms with Crippen LogP contribution in [0.4, 0.5) is 0 Å². The third-order valence-electron chi connectivity index (χ3n) is 2.03. The zero-order valence-corrected chi connectivity index (χ0v) is 11.1. The number of hydrogen-bond donors (Lipinski definition) is 1. The Hall–Kier alpha value is -0.410. The van der Waals surface area contributed by atoms with Crippen molar-refractivity contribution in [1.29, 1.82) is 0 Å². The van der Waals surface area contributed by atoms with Gasteiger partial charge in [-0.15, -0.1) is 0 Å². The molecule has 0 aliphatic carbocycles. The molecule has 0 aliphatic heterocycles. The van der Waals surface area contributed by atoms with Crippen LogP contribution in [-0.4, -0.2) is 24.2 Å². The van der Waals surface area contributed by atoms with Crippen molar-refractivity contribution in [3.8, 4) is 0 Å². The normalized spacial score (nSPS) is 15.1. The zero-order chi connectivity index (χ0) is 12.3. The maximum atomic E-state index is 11.8. The summed E-state index contributed by atoms with van der Waals surface area (Å²) >= 11 is 0. The molecule has 1 atom stereocenters. The Balaban J connectivity index is 3.96. The molecule has 0 saturated heterocycles. The van der Waals surface area contributed by atoms with Crippen molar-refractivity contribution in [3.05, 3.63) is 0 Å². The van der Waals surface area contributed by atoms with Crippen LogP contribution in [0.25, 0.3) is 0 Å². The van der Waals surface area contributed by atoms with Crippen LogP contribution in [0.1, 0.15) is 48.5 Å². The minimum atomic E-state index is -0.297. The van der Waals surface area contributed by atoms with E-state index in [-0.39, 0.29) is 22.8 Å². The fourth-order valence-corrected chi connectivity index (χ4v) is 1.13. The van der Waals surface area contributed by atoms with Gasteiger partial charge in [-0.2, -0.15) is 0 Å². The number of Topliss-reactive ketones (excluding diaryl/α,β-unsaturated/α-hetero) is 1. The number of carbonyl (C=O) groups excluding carboxylic acids is 1. The lowest BCUT2D eigenvalue weighted by Gasteiger charge is -2.25. The Bertz CT molecular complexity index is 211. The topological polar surface area (TPSA) is 38.3 Å². The van der Waals surface area contributed by atoms with Crippen LogP contribution < -0.4 is 5.32 Å². The van der Waals surface area contributed by atoms with Crippen LogP contribution in [0.15, 0.2) is 0 Å². The summed E-state index contributed by atoms with van der Waals surface area (Å²) in [6.07, 6.45) is 0. The summed E-state index contributed by atoms with van der Waals surface area (Å²) in [7, 11) is 0. The van der Waals surface area contributed by atoms with Crippen LogP contribution in [0, 0.1) is 5.41 Å². The van der Waals surface area contributed by atoms with Crippen LogP contribution in [0.2, 0.25) is 0 Å². The molecule has 3 heteroatoms. The van der Waals surface area contributed by atoms with Gasteiger partial charge in [0, 0.05) is 5.41 Å². The van der Waals surface area contributed by atoms with Gasteiger partial charge in [-0.25, -0.2) is 0 Å². The maximum absolute atomic E-state index is 11.8. The number of hydrogen-bond acceptors (Lipinski definition) is 3. The average Bonchev–Trinajstić information content (AvgIpc) is 1.98.